The van der Waals surface area contributed by atoms with Crippen LogP contribution in [0.15, 0.2) is 30.3 Å². The Morgan fingerprint density at radius 2 is 1.84 bits per heavy atom. The second kappa shape index (κ2) is 7.16. The van der Waals surface area contributed by atoms with Crippen LogP contribution in [0.3, 0.4) is 0 Å². The lowest BCUT2D eigenvalue weighted by Gasteiger charge is -2.39. The minimum atomic E-state index is -0.194. The summed E-state index contributed by atoms with van der Waals surface area (Å²) in [6.45, 7) is 7.55. The molecule has 2 fully saturated rings. The number of nitrogens with zero attached hydrogens (tertiary/aromatic N) is 2. The monoisotopic (exact) mass is 344 g/mol. The first-order valence-electron chi connectivity index (χ1n) is 9.19. The number of carbonyl (C=O) groups excluding carboxylic acids is 2. The third kappa shape index (κ3) is 3.71. The standard InChI is InChI=1S/C20H28N2O3/c1-15(2)19(24)21-11-9-20(10-12-21)13-18(14-25-20)22(16(3)23)17-7-5-4-6-8-17/h4-8,15,18H,9-14H2,1-3H3/t18-/m0/s1. The normalized spacial score (nSPS) is 22.4. The van der Waals surface area contributed by atoms with Crippen LogP contribution >= 0.6 is 0 Å². The van der Waals surface area contributed by atoms with Crippen LogP contribution in [-0.2, 0) is 14.3 Å². The van der Waals surface area contributed by atoms with Crippen molar-refractivity contribution < 1.29 is 14.3 Å². The number of rotatable bonds is 3. The number of benzene rings is 1. The first-order valence-corrected chi connectivity index (χ1v) is 9.19. The average Bonchev–Trinajstić information content (AvgIpc) is 2.99. The molecule has 1 atom stereocenters. The van der Waals surface area contributed by atoms with Gasteiger partial charge in [0.15, 0.2) is 0 Å². The minimum Gasteiger partial charge on any atom is -0.373 e. The van der Waals surface area contributed by atoms with E-state index >= 15 is 0 Å². The number of anilines is 1. The molecular weight excluding hydrogens is 316 g/mol. The zero-order valence-corrected chi connectivity index (χ0v) is 15.4. The molecule has 0 aromatic heterocycles. The number of likely N-dealkylation sites (tertiary alicyclic amines) is 1. The van der Waals surface area contributed by atoms with Crippen LogP contribution in [0, 0.1) is 5.92 Å². The van der Waals surface area contributed by atoms with Crippen molar-refractivity contribution in [2.24, 2.45) is 5.92 Å². The van der Waals surface area contributed by atoms with Crippen LogP contribution in [0.1, 0.15) is 40.0 Å². The van der Waals surface area contributed by atoms with Gasteiger partial charge in [0, 0.05) is 31.6 Å². The maximum absolute atomic E-state index is 12.2. The minimum absolute atomic E-state index is 0.0394. The predicted octanol–water partition coefficient (Wildman–Crippen LogP) is 2.85. The summed E-state index contributed by atoms with van der Waals surface area (Å²) >= 11 is 0. The Morgan fingerprint density at radius 1 is 1.20 bits per heavy atom. The van der Waals surface area contributed by atoms with Gasteiger partial charge in [-0.15, -0.1) is 0 Å². The van der Waals surface area contributed by atoms with Gasteiger partial charge in [0.05, 0.1) is 18.2 Å². The van der Waals surface area contributed by atoms with E-state index in [-0.39, 0.29) is 29.4 Å². The largest absolute Gasteiger partial charge is 0.373 e. The molecule has 5 nitrogen and oxygen atoms in total. The molecule has 1 aromatic carbocycles. The highest BCUT2D eigenvalue weighted by Gasteiger charge is 2.45. The Bertz CT molecular complexity index is 621. The quantitative estimate of drug-likeness (QED) is 0.847. The van der Waals surface area contributed by atoms with Crippen molar-refractivity contribution in [3.05, 3.63) is 30.3 Å². The Hall–Kier alpha value is -1.88. The maximum Gasteiger partial charge on any atom is 0.225 e. The van der Waals surface area contributed by atoms with E-state index in [9.17, 15) is 9.59 Å². The van der Waals surface area contributed by atoms with Crippen molar-refractivity contribution in [2.45, 2.75) is 51.7 Å². The van der Waals surface area contributed by atoms with Gasteiger partial charge >= 0.3 is 0 Å². The molecule has 5 heteroatoms. The molecule has 0 saturated carbocycles. The summed E-state index contributed by atoms with van der Waals surface area (Å²) in [5, 5.41) is 0. The lowest BCUT2D eigenvalue weighted by Crippen LogP contribution is -2.48. The second-order valence-electron chi connectivity index (χ2n) is 7.56. The van der Waals surface area contributed by atoms with Gasteiger partial charge in [-0.3, -0.25) is 9.59 Å². The average molecular weight is 344 g/mol. The lowest BCUT2D eigenvalue weighted by atomic mass is 9.86. The van der Waals surface area contributed by atoms with Crippen molar-refractivity contribution in [1.29, 1.82) is 0 Å². The highest BCUT2D eigenvalue weighted by molar-refractivity contribution is 5.92. The fraction of sp³-hybridized carbons (Fsp3) is 0.600. The van der Waals surface area contributed by atoms with E-state index in [1.165, 1.54) is 0 Å². The molecule has 0 N–H and O–H groups in total. The molecular formula is C20H28N2O3. The molecule has 2 aliphatic heterocycles. The number of carbonyl (C=O) groups is 2. The molecule has 2 saturated heterocycles. The molecule has 25 heavy (non-hydrogen) atoms. The van der Waals surface area contributed by atoms with Crippen molar-refractivity contribution in [1.82, 2.24) is 4.90 Å². The molecule has 0 aliphatic carbocycles. The number of para-hydroxylation sites is 1. The maximum atomic E-state index is 12.2. The van der Waals surface area contributed by atoms with Crippen LogP contribution in [0.5, 0.6) is 0 Å². The molecule has 1 spiro atoms. The molecule has 0 unspecified atom stereocenters. The summed E-state index contributed by atoms with van der Waals surface area (Å²) < 4.78 is 6.20. The lowest BCUT2D eigenvalue weighted by molar-refractivity contribution is -0.139. The van der Waals surface area contributed by atoms with Gasteiger partial charge in [0.2, 0.25) is 11.8 Å². The van der Waals surface area contributed by atoms with E-state index in [4.69, 9.17) is 4.74 Å². The van der Waals surface area contributed by atoms with Crippen LogP contribution in [-0.4, -0.2) is 48.1 Å². The third-order valence-electron chi connectivity index (χ3n) is 5.41. The van der Waals surface area contributed by atoms with Gasteiger partial charge in [-0.2, -0.15) is 0 Å². The Labute approximate surface area is 149 Å². The summed E-state index contributed by atoms with van der Waals surface area (Å²) in [6, 6.07) is 9.86. The highest BCUT2D eigenvalue weighted by Crippen LogP contribution is 2.39. The van der Waals surface area contributed by atoms with Crippen LogP contribution in [0.25, 0.3) is 0 Å². The number of hydrogen-bond donors (Lipinski definition) is 0. The molecule has 0 radical (unpaired) electrons. The smallest absolute Gasteiger partial charge is 0.225 e. The summed E-state index contributed by atoms with van der Waals surface area (Å²) in [5.74, 6) is 0.306. The SMILES string of the molecule is CC(=O)N(c1ccccc1)[C@@H]1COC2(CCN(C(=O)C(C)C)CC2)C1. The van der Waals surface area contributed by atoms with E-state index in [0.29, 0.717) is 6.61 Å². The first-order chi connectivity index (χ1) is 11.9. The topological polar surface area (TPSA) is 49.9 Å². The molecule has 3 rings (SSSR count). The first kappa shape index (κ1) is 17.9. The third-order valence-corrected chi connectivity index (χ3v) is 5.41. The number of ether oxygens (including phenoxy) is 1. The summed E-state index contributed by atoms with van der Waals surface area (Å²) in [5.41, 5.74) is 0.731. The Morgan fingerprint density at radius 3 is 2.40 bits per heavy atom. The van der Waals surface area contributed by atoms with Gasteiger partial charge in [0.1, 0.15) is 0 Å². The Balaban J connectivity index is 1.67. The summed E-state index contributed by atoms with van der Waals surface area (Å²) in [6.07, 6.45) is 2.54. The van der Waals surface area contributed by atoms with Gasteiger partial charge < -0.3 is 14.5 Å². The van der Waals surface area contributed by atoms with Crippen molar-refractivity contribution in [2.75, 3.05) is 24.6 Å². The van der Waals surface area contributed by atoms with Crippen molar-refractivity contribution in [3.63, 3.8) is 0 Å². The summed E-state index contributed by atoms with van der Waals surface area (Å²) in [4.78, 5) is 28.2. The zero-order chi connectivity index (χ0) is 18.0. The predicted molar refractivity (Wildman–Crippen MR) is 97.3 cm³/mol. The van der Waals surface area contributed by atoms with Crippen LogP contribution in [0.2, 0.25) is 0 Å². The van der Waals surface area contributed by atoms with E-state index < -0.39 is 0 Å². The molecule has 2 aliphatic rings. The van der Waals surface area contributed by atoms with Crippen LogP contribution in [0.4, 0.5) is 5.69 Å². The molecule has 2 heterocycles. The Kier molecular flexibility index (Phi) is 5.13. The number of piperidine rings is 1. The fourth-order valence-electron chi connectivity index (χ4n) is 4.07. The highest BCUT2D eigenvalue weighted by atomic mass is 16.5. The number of amides is 2. The van der Waals surface area contributed by atoms with E-state index in [1.807, 2.05) is 54.0 Å². The van der Waals surface area contributed by atoms with Crippen molar-refractivity contribution >= 4 is 17.5 Å². The van der Waals surface area contributed by atoms with E-state index in [1.54, 1.807) is 6.92 Å². The molecule has 136 valence electrons. The van der Waals surface area contributed by atoms with Gasteiger partial charge in [0.25, 0.3) is 0 Å². The van der Waals surface area contributed by atoms with E-state index in [2.05, 4.69) is 0 Å². The van der Waals surface area contributed by atoms with Gasteiger partial charge in [-0.1, -0.05) is 32.0 Å². The second-order valence-corrected chi connectivity index (χ2v) is 7.56. The van der Waals surface area contributed by atoms with Crippen LogP contribution < -0.4 is 4.90 Å². The molecule has 1 aromatic rings. The fourth-order valence-corrected chi connectivity index (χ4v) is 4.07. The zero-order valence-electron chi connectivity index (χ0n) is 15.4. The van der Waals surface area contributed by atoms with Gasteiger partial charge in [-0.25, -0.2) is 0 Å². The van der Waals surface area contributed by atoms with E-state index in [0.717, 1.165) is 38.0 Å². The molecule has 2 amide bonds. The molecule has 0 bridgehead atoms. The van der Waals surface area contributed by atoms with Gasteiger partial charge in [-0.05, 0) is 31.4 Å². The number of hydrogen-bond acceptors (Lipinski definition) is 3. The van der Waals surface area contributed by atoms with Crippen molar-refractivity contribution in [3.8, 4) is 0 Å². The summed E-state index contributed by atoms with van der Waals surface area (Å²) in [7, 11) is 0.